The number of nitrogens with zero attached hydrogens (tertiary/aromatic N) is 2. The number of anilines is 2. The number of hydrogen-bond donors (Lipinski definition) is 1. The van der Waals surface area contributed by atoms with Gasteiger partial charge in [0.15, 0.2) is 0 Å². The van der Waals surface area contributed by atoms with Gasteiger partial charge in [-0.2, -0.15) is 0 Å². The molecule has 0 radical (unpaired) electrons. The van der Waals surface area contributed by atoms with Crippen molar-refractivity contribution in [3.63, 3.8) is 0 Å². The van der Waals surface area contributed by atoms with Gasteiger partial charge in [-0.1, -0.05) is 0 Å². The monoisotopic (exact) mass is 235 g/mol. The van der Waals surface area contributed by atoms with E-state index in [4.69, 9.17) is 0 Å². The summed E-state index contributed by atoms with van der Waals surface area (Å²) < 4.78 is 0. The third-order valence-corrected chi connectivity index (χ3v) is 3.06. The number of nitro groups is 1. The number of nitrogens with one attached hydrogen (secondary N) is 1. The lowest BCUT2D eigenvalue weighted by atomic mass is 10.2. The van der Waals surface area contributed by atoms with Crippen LogP contribution in [-0.2, 0) is 0 Å². The predicted molar refractivity (Wildman–Crippen MR) is 68.7 cm³/mol. The molecule has 1 N–H and O–H groups in total. The van der Waals surface area contributed by atoms with Crippen LogP contribution in [-0.4, -0.2) is 24.6 Å². The lowest BCUT2D eigenvalue weighted by molar-refractivity contribution is -0.384. The van der Waals surface area contributed by atoms with Crippen LogP contribution in [0.4, 0.5) is 17.1 Å². The van der Waals surface area contributed by atoms with Crippen molar-refractivity contribution in [1.29, 1.82) is 0 Å². The number of benzene rings is 1. The summed E-state index contributed by atoms with van der Waals surface area (Å²) >= 11 is 0. The molecule has 1 aliphatic rings. The van der Waals surface area contributed by atoms with Gasteiger partial charge in [-0.3, -0.25) is 10.1 Å². The summed E-state index contributed by atoms with van der Waals surface area (Å²) in [6, 6.07) is 5.74. The standard InChI is InChI=1S/C12H17N3O2/c1-3-14(10-4-5-10)11-6-9(13-2)7-12(8-11)15(16)17/h6-8,10,13H,3-5H2,1-2H3. The van der Waals surface area contributed by atoms with Crippen molar-refractivity contribution in [1.82, 2.24) is 0 Å². The van der Waals surface area contributed by atoms with Gasteiger partial charge in [-0.05, 0) is 25.8 Å². The lowest BCUT2D eigenvalue weighted by Crippen LogP contribution is -2.25. The molecule has 1 aromatic rings. The van der Waals surface area contributed by atoms with E-state index in [1.54, 1.807) is 19.2 Å². The zero-order valence-electron chi connectivity index (χ0n) is 10.1. The maximum atomic E-state index is 10.9. The van der Waals surface area contributed by atoms with Gasteiger partial charge in [-0.25, -0.2) is 0 Å². The molecule has 0 spiro atoms. The van der Waals surface area contributed by atoms with Crippen molar-refractivity contribution in [2.45, 2.75) is 25.8 Å². The highest BCUT2D eigenvalue weighted by Gasteiger charge is 2.29. The molecule has 0 heterocycles. The van der Waals surface area contributed by atoms with Gasteiger partial charge in [0.05, 0.1) is 4.92 Å². The minimum atomic E-state index is -0.342. The molecule has 2 rings (SSSR count). The summed E-state index contributed by atoms with van der Waals surface area (Å²) in [7, 11) is 1.77. The van der Waals surface area contributed by atoms with Gasteiger partial charge < -0.3 is 10.2 Å². The Bertz CT molecular complexity index is 430. The number of rotatable bonds is 5. The van der Waals surface area contributed by atoms with E-state index in [2.05, 4.69) is 17.1 Å². The molecule has 1 saturated carbocycles. The van der Waals surface area contributed by atoms with Crippen LogP contribution in [0.25, 0.3) is 0 Å². The normalized spacial score (nSPS) is 14.5. The van der Waals surface area contributed by atoms with Gasteiger partial charge >= 0.3 is 0 Å². The Morgan fingerprint density at radius 2 is 2.18 bits per heavy atom. The molecule has 17 heavy (non-hydrogen) atoms. The molecule has 0 saturated heterocycles. The molecule has 0 aromatic heterocycles. The fourth-order valence-corrected chi connectivity index (χ4v) is 2.05. The number of nitro benzene ring substituents is 1. The second-order valence-corrected chi connectivity index (χ2v) is 4.26. The van der Waals surface area contributed by atoms with Crippen LogP contribution in [0, 0.1) is 10.1 Å². The second kappa shape index (κ2) is 4.61. The Morgan fingerprint density at radius 3 is 2.65 bits per heavy atom. The SMILES string of the molecule is CCN(c1cc(NC)cc([N+](=O)[O-])c1)C1CC1. The van der Waals surface area contributed by atoms with Crippen molar-refractivity contribution in [3.8, 4) is 0 Å². The van der Waals surface area contributed by atoms with Crippen LogP contribution in [0.5, 0.6) is 0 Å². The van der Waals surface area contributed by atoms with Crippen molar-refractivity contribution < 1.29 is 4.92 Å². The average molecular weight is 235 g/mol. The number of non-ortho nitro benzene ring substituents is 1. The quantitative estimate of drug-likeness (QED) is 0.629. The first kappa shape index (κ1) is 11.7. The van der Waals surface area contributed by atoms with Gasteiger partial charge in [0.1, 0.15) is 0 Å². The van der Waals surface area contributed by atoms with Crippen LogP contribution in [0.1, 0.15) is 19.8 Å². The predicted octanol–water partition coefficient (Wildman–Crippen LogP) is 2.63. The molecule has 0 amide bonds. The van der Waals surface area contributed by atoms with E-state index in [1.807, 2.05) is 6.07 Å². The average Bonchev–Trinajstić information content (AvgIpc) is 3.14. The molecule has 5 nitrogen and oxygen atoms in total. The smallest absolute Gasteiger partial charge is 0.273 e. The minimum absolute atomic E-state index is 0.144. The van der Waals surface area contributed by atoms with E-state index < -0.39 is 0 Å². The van der Waals surface area contributed by atoms with E-state index in [9.17, 15) is 10.1 Å². The third-order valence-electron chi connectivity index (χ3n) is 3.06. The van der Waals surface area contributed by atoms with Crippen LogP contribution in [0.3, 0.4) is 0 Å². The largest absolute Gasteiger partial charge is 0.388 e. The summed E-state index contributed by atoms with van der Waals surface area (Å²) in [6.45, 7) is 2.96. The molecule has 1 fully saturated rings. The highest BCUT2D eigenvalue weighted by atomic mass is 16.6. The molecule has 0 aliphatic heterocycles. The number of hydrogen-bond acceptors (Lipinski definition) is 4. The molecule has 0 unspecified atom stereocenters. The summed E-state index contributed by atoms with van der Waals surface area (Å²) in [5, 5.41) is 13.8. The second-order valence-electron chi connectivity index (χ2n) is 4.26. The fourth-order valence-electron chi connectivity index (χ4n) is 2.05. The molecular formula is C12H17N3O2. The summed E-state index contributed by atoms with van der Waals surface area (Å²) in [6.07, 6.45) is 2.37. The third kappa shape index (κ3) is 2.49. The fraction of sp³-hybridized carbons (Fsp3) is 0.500. The summed E-state index contributed by atoms with van der Waals surface area (Å²) in [5.41, 5.74) is 1.87. The van der Waals surface area contributed by atoms with E-state index in [0.717, 1.165) is 17.9 Å². The molecule has 0 bridgehead atoms. The molecule has 1 aliphatic carbocycles. The molecule has 0 atom stereocenters. The topological polar surface area (TPSA) is 58.4 Å². The van der Waals surface area contributed by atoms with Gasteiger partial charge in [-0.15, -0.1) is 0 Å². The Labute approximate surface area is 101 Å². The van der Waals surface area contributed by atoms with Gasteiger partial charge in [0.2, 0.25) is 0 Å². The molecular weight excluding hydrogens is 218 g/mol. The van der Waals surface area contributed by atoms with E-state index >= 15 is 0 Å². The van der Waals surface area contributed by atoms with Crippen molar-refractivity contribution in [2.75, 3.05) is 23.8 Å². The van der Waals surface area contributed by atoms with Crippen LogP contribution in [0.15, 0.2) is 18.2 Å². The minimum Gasteiger partial charge on any atom is -0.388 e. The summed E-state index contributed by atoms with van der Waals surface area (Å²) in [4.78, 5) is 12.8. The Kier molecular flexibility index (Phi) is 3.17. The maximum absolute atomic E-state index is 10.9. The lowest BCUT2D eigenvalue weighted by Gasteiger charge is -2.23. The first-order chi connectivity index (χ1) is 8.15. The van der Waals surface area contributed by atoms with E-state index in [1.165, 1.54) is 12.8 Å². The van der Waals surface area contributed by atoms with Crippen molar-refractivity contribution in [3.05, 3.63) is 28.3 Å². The summed E-state index contributed by atoms with van der Waals surface area (Å²) in [5.74, 6) is 0. The van der Waals surface area contributed by atoms with Crippen molar-refractivity contribution in [2.24, 2.45) is 0 Å². The maximum Gasteiger partial charge on any atom is 0.273 e. The first-order valence-corrected chi connectivity index (χ1v) is 5.89. The van der Waals surface area contributed by atoms with Crippen LogP contribution in [0.2, 0.25) is 0 Å². The van der Waals surface area contributed by atoms with E-state index in [-0.39, 0.29) is 10.6 Å². The highest BCUT2D eigenvalue weighted by molar-refractivity contribution is 5.65. The van der Waals surface area contributed by atoms with Gasteiger partial charge in [0.25, 0.3) is 5.69 Å². The van der Waals surface area contributed by atoms with E-state index in [0.29, 0.717) is 6.04 Å². The Morgan fingerprint density at radius 1 is 1.47 bits per heavy atom. The van der Waals surface area contributed by atoms with Gasteiger partial charge in [0, 0.05) is 43.1 Å². The van der Waals surface area contributed by atoms with Crippen molar-refractivity contribution >= 4 is 17.1 Å². The first-order valence-electron chi connectivity index (χ1n) is 5.89. The Hall–Kier alpha value is -1.78. The van der Waals surface area contributed by atoms with Crippen LogP contribution >= 0.6 is 0 Å². The molecule has 92 valence electrons. The Balaban J connectivity index is 2.37. The zero-order chi connectivity index (χ0) is 12.4. The zero-order valence-corrected chi connectivity index (χ0v) is 10.1. The molecule has 1 aromatic carbocycles. The molecule has 5 heteroatoms. The highest BCUT2D eigenvalue weighted by Crippen LogP contribution is 2.34. The van der Waals surface area contributed by atoms with Crippen LogP contribution < -0.4 is 10.2 Å².